The van der Waals surface area contributed by atoms with Gasteiger partial charge < -0.3 is 15.4 Å². The molecule has 2 aromatic carbocycles. The van der Waals surface area contributed by atoms with Crippen molar-refractivity contribution in [2.24, 2.45) is 0 Å². The molecular formula is C25H30N4O5S. The van der Waals surface area contributed by atoms with Crippen molar-refractivity contribution in [3.63, 3.8) is 0 Å². The summed E-state index contributed by atoms with van der Waals surface area (Å²) >= 11 is 0. The third kappa shape index (κ3) is 6.27. The Kier molecular flexibility index (Phi) is 7.84. The van der Waals surface area contributed by atoms with Gasteiger partial charge in [-0.3, -0.25) is 18.8 Å². The van der Waals surface area contributed by atoms with Crippen LogP contribution in [0.15, 0.2) is 65.8 Å². The van der Waals surface area contributed by atoms with E-state index in [0.717, 1.165) is 54.7 Å². The number of nitrogens with one attached hydrogen (secondary N) is 2. The van der Waals surface area contributed by atoms with E-state index in [1.807, 2.05) is 31.2 Å². The smallest absolute Gasteiger partial charge is 0.264 e. The number of rotatable bonds is 8. The van der Waals surface area contributed by atoms with Crippen molar-refractivity contribution in [2.75, 3.05) is 38.2 Å². The summed E-state index contributed by atoms with van der Waals surface area (Å²) in [5.41, 5.74) is 2.66. The average Bonchev–Trinajstić information content (AvgIpc) is 2.85. The Morgan fingerprint density at radius 1 is 1.09 bits per heavy atom. The zero-order chi connectivity index (χ0) is 24.8. The first-order valence-electron chi connectivity index (χ1n) is 11.6. The second-order valence-electron chi connectivity index (χ2n) is 8.64. The number of aryl methyl sites for hydroxylation is 1. The van der Waals surface area contributed by atoms with Crippen molar-refractivity contribution in [3.8, 4) is 0 Å². The van der Waals surface area contributed by atoms with Crippen LogP contribution in [-0.2, 0) is 30.8 Å². The van der Waals surface area contributed by atoms with E-state index in [1.165, 1.54) is 24.5 Å². The first kappa shape index (κ1) is 24.9. The van der Waals surface area contributed by atoms with Gasteiger partial charge in [0, 0.05) is 37.7 Å². The van der Waals surface area contributed by atoms with Crippen molar-refractivity contribution in [1.82, 2.24) is 14.5 Å². The molecule has 0 bridgehead atoms. The van der Waals surface area contributed by atoms with Crippen molar-refractivity contribution in [3.05, 3.63) is 72.1 Å². The van der Waals surface area contributed by atoms with Crippen LogP contribution in [0.5, 0.6) is 0 Å². The number of anilines is 1. The Balaban J connectivity index is 1.38. The Bertz CT molecular complexity index is 1170. The van der Waals surface area contributed by atoms with Crippen molar-refractivity contribution in [1.29, 1.82) is 0 Å². The largest absolute Gasteiger partial charge is 0.379 e. The van der Waals surface area contributed by atoms with Gasteiger partial charge in [-0.25, -0.2) is 8.42 Å². The molecular weight excluding hydrogens is 468 g/mol. The normalized spacial score (nSPS) is 18.8. The Hall–Kier alpha value is -3.21. The summed E-state index contributed by atoms with van der Waals surface area (Å²) in [4.78, 5) is 27.7. The molecule has 0 aromatic heterocycles. The molecule has 0 unspecified atom stereocenters. The number of benzene rings is 2. The number of nitrogens with zero attached hydrogens (tertiary/aromatic N) is 2. The van der Waals surface area contributed by atoms with E-state index in [2.05, 4.69) is 15.5 Å². The minimum Gasteiger partial charge on any atom is -0.379 e. The van der Waals surface area contributed by atoms with Crippen molar-refractivity contribution < 1.29 is 22.7 Å². The first-order valence-corrected chi connectivity index (χ1v) is 13.0. The highest BCUT2D eigenvalue weighted by Gasteiger charge is 2.36. The lowest BCUT2D eigenvalue weighted by atomic mass is 10.1. The molecule has 4 rings (SSSR count). The molecule has 2 N–H and O–H groups in total. The summed E-state index contributed by atoms with van der Waals surface area (Å²) in [6.45, 7) is 6.22. The number of ether oxygens (including phenoxy) is 1. The Labute approximate surface area is 205 Å². The van der Waals surface area contributed by atoms with E-state index < -0.39 is 27.9 Å². The standard InChI is InChI=1S/C25H30N4O5S/c1-19-2-8-22(9-3-19)35(32,33)29-13-11-26-25(31)23(29)18-24(30)27-21-6-4-20(5-7-21)10-12-28-14-16-34-17-15-28/h2-9,11,13,23H,10,12,14-18H2,1H3,(H,26,31)(H,27,30)/t23-/m1/s1. The second kappa shape index (κ2) is 11.0. The SMILES string of the molecule is Cc1ccc(S(=O)(=O)N2C=CNC(=O)[C@H]2CC(=O)Nc2ccc(CCN3CCOCC3)cc2)cc1. The van der Waals surface area contributed by atoms with Crippen LogP contribution in [0.1, 0.15) is 17.5 Å². The van der Waals surface area contributed by atoms with Gasteiger partial charge in [-0.15, -0.1) is 0 Å². The predicted molar refractivity (Wildman–Crippen MR) is 132 cm³/mol. The van der Waals surface area contributed by atoms with E-state index in [0.29, 0.717) is 5.69 Å². The molecule has 2 aliphatic rings. The summed E-state index contributed by atoms with van der Waals surface area (Å²) < 4.78 is 32.6. The van der Waals surface area contributed by atoms with Gasteiger partial charge in [0.05, 0.1) is 24.5 Å². The molecule has 2 heterocycles. The van der Waals surface area contributed by atoms with Gasteiger partial charge in [0.25, 0.3) is 10.0 Å². The van der Waals surface area contributed by atoms with Crippen LogP contribution >= 0.6 is 0 Å². The average molecular weight is 499 g/mol. The molecule has 9 nitrogen and oxygen atoms in total. The fraction of sp³-hybridized carbons (Fsp3) is 0.360. The zero-order valence-corrected chi connectivity index (χ0v) is 20.5. The van der Waals surface area contributed by atoms with E-state index in [9.17, 15) is 18.0 Å². The quantitative estimate of drug-likeness (QED) is 0.575. The molecule has 0 aliphatic carbocycles. The van der Waals surface area contributed by atoms with Crippen molar-refractivity contribution in [2.45, 2.75) is 30.7 Å². The third-order valence-electron chi connectivity index (χ3n) is 6.09. The van der Waals surface area contributed by atoms with Gasteiger partial charge in [0.15, 0.2) is 0 Å². The van der Waals surface area contributed by atoms with E-state index in [1.54, 1.807) is 12.1 Å². The van der Waals surface area contributed by atoms with E-state index in [4.69, 9.17) is 4.74 Å². The van der Waals surface area contributed by atoms with Gasteiger partial charge in [0.1, 0.15) is 6.04 Å². The highest BCUT2D eigenvalue weighted by Crippen LogP contribution is 2.23. The molecule has 1 saturated heterocycles. The number of amides is 2. The molecule has 2 amide bonds. The van der Waals surface area contributed by atoms with Gasteiger partial charge in [0.2, 0.25) is 11.8 Å². The van der Waals surface area contributed by atoms with Crippen LogP contribution < -0.4 is 10.6 Å². The molecule has 2 aliphatic heterocycles. The lowest BCUT2D eigenvalue weighted by Gasteiger charge is -2.31. The molecule has 1 atom stereocenters. The number of hydrogen-bond donors (Lipinski definition) is 2. The highest BCUT2D eigenvalue weighted by molar-refractivity contribution is 7.89. The fourth-order valence-corrected chi connectivity index (χ4v) is 5.47. The fourth-order valence-electron chi connectivity index (χ4n) is 4.03. The molecule has 35 heavy (non-hydrogen) atoms. The van der Waals surface area contributed by atoms with Gasteiger partial charge in [-0.05, 0) is 43.2 Å². The topological polar surface area (TPSA) is 108 Å². The zero-order valence-electron chi connectivity index (χ0n) is 19.6. The second-order valence-corrected chi connectivity index (χ2v) is 10.5. The maximum atomic E-state index is 13.2. The molecule has 0 saturated carbocycles. The van der Waals surface area contributed by atoms with E-state index >= 15 is 0 Å². The van der Waals surface area contributed by atoms with Crippen LogP contribution in [0, 0.1) is 6.92 Å². The van der Waals surface area contributed by atoms with Gasteiger partial charge >= 0.3 is 0 Å². The minimum absolute atomic E-state index is 0.0560. The number of carbonyl (C=O) groups excluding carboxylic acids is 2. The lowest BCUT2D eigenvalue weighted by molar-refractivity contribution is -0.127. The minimum atomic E-state index is -4.01. The summed E-state index contributed by atoms with van der Waals surface area (Å²) in [5, 5.41) is 5.27. The molecule has 10 heteroatoms. The lowest BCUT2D eigenvalue weighted by Crippen LogP contribution is -2.50. The predicted octanol–water partition coefficient (Wildman–Crippen LogP) is 1.86. The first-order chi connectivity index (χ1) is 16.8. The molecule has 2 aromatic rings. The maximum absolute atomic E-state index is 13.2. The van der Waals surface area contributed by atoms with E-state index in [-0.39, 0.29) is 11.3 Å². The number of hydrogen-bond acceptors (Lipinski definition) is 6. The molecule has 0 radical (unpaired) electrons. The van der Waals surface area contributed by atoms with Crippen LogP contribution in [0.3, 0.4) is 0 Å². The maximum Gasteiger partial charge on any atom is 0.264 e. The van der Waals surface area contributed by atoms with Crippen LogP contribution in [-0.4, -0.2) is 68.3 Å². The molecule has 186 valence electrons. The van der Waals surface area contributed by atoms with Crippen molar-refractivity contribution >= 4 is 27.5 Å². The Morgan fingerprint density at radius 2 is 1.77 bits per heavy atom. The van der Waals surface area contributed by atoms with Crippen LogP contribution in [0.25, 0.3) is 0 Å². The number of carbonyl (C=O) groups is 2. The van der Waals surface area contributed by atoms with Crippen LogP contribution in [0.4, 0.5) is 5.69 Å². The summed E-state index contributed by atoms with van der Waals surface area (Å²) in [5.74, 6) is -1.01. The summed E-state index contributed by atoms with van der Waals surface area (Å²) in [7, 11) is -4.01. The summed E-state index contributed by atoms with van der Waals surface area (Å²) in [6.07, 6.45) is 3.12. The van der Waals surface area contributed by atoms with Gasteiger partial charge in [-0.2, -0.15) is 0 Å². The van der Waals surface area contributed by atoms with Gasteiger partial charge in [-0.1, -0.05) is 29.8 Å². The molecule has 1 fully saturated rings. The number of morpholine rings is 1. The third-order valence-corrected chi connectivity index (χ3v) is 7.89. The summed E-state index contributed by atoms with van der Waals surface area (Å²) in [6, 6.07) is 12.7. The highest BCUT2D eigenvalue weighted by atomic mass is 32.2. The molecule has 0 spiro atoms. The Morgan fingerprint density at radius 3 is 2.46 bits per heavy atom. The van der Waals surface area contributed by atoms with Crippen LogP contribution in [0.2, 0.25) is 0 Å². The number of sulfonamides is 1. The monoisotopic (exact) mass is 498 g/mol.